The number of rotatable bonds is 52. The van der Waals surface area contributed by atoms with Crippen LogP contribution in [0, 0.1) is 11.8 Å². The molecule has 480 valence electrons. The first kappa shape index (κ1) is 71.6. The van der Waals surface area contributed by atoms with E-state index in [1.165, 1.54) is 289 Å². The zero-order valence-corrected chi connectivity index (χ0v) is 58.0. The Hall–Kier alpha value is -3.48. The molecule has 86 heavy (non-hydrogen) atoms. The fourth-order valence-electron chi connectivity index (χ4n) is 14.1. The minimum Gasteiger partial charge on any atom is -0.307 e. The van der Waals surface area contributed by atoms with Crippen molar-refractivity contribution in [3.8, 4) is 20.9 Å². The molecule has 0 N–H and O–H groups in total. The Bertz CT molecular complexity index is 2320. The van der Waals surface area contributed by atoms with Crippen LogP contribution in [-0.2, 0) is 22.4 Å². The molecule has 4 nitrogen and oxygen atoms in total. The fraction of sp³-hybridized carbons (Fsp3) is 0.700. The van der Waals surface area contributed by atoms with E-state index < -0.39 is 0 Å². The zero-order valence-electron chi connectivity index (χ0n) is 56.4. The predicted octanol–water partition coefficient (Wildman–Crippen LogP) is 26.3. The normalized spacial score (nSPS) is 14.8. The highest BCUT2D eigenvalue weighted by atomic mass is 32.1. The van der Waals surface area contributed by atoms with Crippen LogP contribution in [0.4, 0.5) is 11.4 Å². The Morgan fingerprint density at radius 2 is 0.593 bits per heavy atom. The Labute approximate surface area is 537 Å². The van der Waals surface area contributed by atoms with E-state index in [2.05, 4.69) is 111 Å². The van der Waals surface area contributed by atoms with Gasteiger partial charge in [-0.1, -0.05) is 310 Å². The molecule has 2 aromatic heterocycles. The Morgan fingerprint density at radius 1 is 0.326 bits per heavy atom. The molecule has 6 heteroatoms. The van der Waals surface area contributed by atoms with Crippen molar-refractivity contribution in [2.75, 3.05) is 22.9 Å². The number of thiophene rings is 2. The van der Waals surface area contributed by atoms with Gasteiger partial charge in [0.15, 0.2) is 0 Å². The third kappa shape index (κ3) is 24.4. The van der Waals surface area contributed by atoms with Gasteiger partial charge in [-0.05, 0) is 120 Å². The minimum atomic E-state index is 0.0322. The number of benzene rings is 2. The van der Waals surface area contributed by atoms with Crippen LogP contribution in [-0.4, -0.2) is 24.9 Å². The first-order valence-electron chi connectivity index (χ1n) is 37.2. The van der Waals surface area contributed by atoms with Crippen molar-refractivity contribution >= 4 is 57.0 Å². The van der Waals surface area contributed by atoms with Crippen molar-refractivity contribution < 1.29 is 9.59 Å². The van der Waals surface area contributed by atoms with Crippen molar-refractivity contribution in [1.82, 2.24) is 0 Å². The molecular weight excluding hydrogens is 1090 g/mol. The van der Waals surface area contributed by atoms with Crippen LogP contribution in [0.25, 0.3) is 32.0 Å². The van der Waals surface area contributed by atoms with Crippen LogP contribution in [0.2, 0.25) is 0 Å². The van der Waals surface area contributed by atoms with Gasteiger partial charge in [0.05, 0.1) is 22.5 Å². The van der Waals surface area contributed by atoms with Gasteiger partial charge in [-0.25, -0.2) is 0 Å². The van der Waals surface area contributed by atoms with Crippen LogP contribution in [0.15, 0.2) is 59.3 Å². The number of carbonyl (C=O) groups is 2. The molecule has 6 rings (SSSR count). The minimum absolute atomic E-state index is 0.0322. The molecule has 2 aliphatic rings. The maximum atomic E-state index is 16.0. The molecule has 2 aromatic carbocycles. The molecule has 2 aliphatic heterocycles. The predicted molar refractivity (Wildman–Crippen MR) is 383 cm³/mol. The van der Waals surface area contributed by atoms with E-state index in [1.807, 2.05) is 22.7 Å². The third-order valence-corrected chi connectivity index (χ3v) is 21.6. The second kappa shape index (κ2) is 43.3. The maximum absolute atomic E-state index is 16.0. The van der Waals surface area contributed by atoms with Gasteiger partial charge in [-0.15, -0.1) is 22.7 Å². The number of amides is 2. The molecule has 0 saturated carbocycles. The van der Waals surface area contributed by atoms with Crippen LogP contribution in [0.3, 0.4) is 0 Å². The van der Waals surface area contributed by atoms with Gasteiger partial charge < -0.3 is 9.80 Å². The summed E-state index contributed by atoms with van der Waals surface area (Å²) in [5.41, 5.74) is 10.4. The van der Waals surface area contributed by atoms with Crippen LogP contribution < -0.4 is 9.80 Å². The molecule has 0 aliphatic carbocycles. The smallest absolute Gasteiger partial charge is 0.259 e. The molecule has 4 heterocycles. The number of fused-ring (bicyclic) bond motifs is 2. The first-order valence-corrected chi connectivity index (χ1v) is 38.9. The lowest BCUT2D eigenvalue weighted by molar-refractivity contribution is -0.114. The molecule has 0 fully saturated rings. The molecule has 0 saturated heterocycles. The van der Waals surface area contributed by atoms with E-state index in [9.17, 15) is 0 Å². The lowest BCUT2D eigenvalue weighted by atomic mass is 9.93. The number of hydrogen-bond acceptors (Lipinski definition) is 4. The van der Waals surface area contributed by atoms with Crippen molar-refractivity contribution in [2.45, 2.75) is 337 Å². The fourth-order valence-corrected chi connectivity index (χ4v) is 16.0. The molecule has 2 amide bonds. The van der Waals surface area contributed by atoms with E-state index >= 15 is 9.59 Å². The quantitative estimate of drug-likeness (QED) is 0.0327. The summed E-state index contributed by atoms with van der Waals surface area (Å²) in [5, 5.41) is 4.77. The van der Waals surface area contributed by atoms with Crippen molar-refractivity contribution in [3.63, 3.8) is 0 Å². The second-order valence-corrected chi connectivity index (χ2v) is 28.9. The number of anilines is 2. The van der Waals surface area contributed by atoms with Gasteiger partial charge in [0.25, 0.3) is 11.8 Å². The van der Waals surface area contributed by atoms with E-state index in [-0.39, 0.29) is 11.8 Å². The summed E-state index contributed by atoms with van der Waals surface area (Å²) in [6.45, 7) is 15.2. The van der Waals surface area contributed by atoms with Crippen molar-refractivity contribution in [1.29, 1.82) is 0 Å². The SMILES string of the molecule is CCCCCCCCCCCCc1csc(-c2ccc3c(c2)N(CC(CCCCCC)CCCCCCCC)C(=O)/C3=C2/C(=O)N(CC(CCCCCC)CCCCCCCC)c3cc(-c4cc(CCCCCCCCCCCC)cs4)ccc32)c1. The van der Waals surface area contributed by atoms with Gasteiger partial charge in [0.1, 0.15) is 0 Å². The average Bonchev–Trinajstić information content (AvgIpc) is 1.61. The lowest BCUT2D eigenvalue weighted by Crippen LogP contribution is -2.34. The molecule has 0 spiro atoms. The van der Waals surface area contributed by atoms with Crippen LogP contribution in [0.5, 0.6) is 0 Å². The average molecular weight is 1210 g/mol. The highest BCUT2D eigenvalue weighted by molar-refractivity contribution is 7.14. The summed E-state index contributed by atoms with van der Waals surface area (Å²) in [4.78, 5) is 38.8. The summed E-state index contributed by atoms with van der Waals surface area (Å²) in [6, 6.07) is 18.5. The standard InChI is InChI=1S/C80H126N2O2S2/c1-7-13-19-25-29-31-33-35-39-45-51-67-57-75(85-63-67)69-53-55-71-73(59-69)81(61-65(47-41-23-17-11-5)49-43-37-27-21-15-9-3)79(83)77(71)78-72-56-54-70(76-58-68(64-86-76)52-46-40-36-34-32-30-26-20-14-8-2)60-74(72)82(80(78)84)62-66(48-42-24-18-12-6)50-44-38-28-22-16-10-4/h53-60,63-66H,7-52,61-62H2,1-6H3/b78-77+. The van der Waals surface area contributed by atoms with Gasteiger partial charge in [-0.2, -0.15) is 0 Å². The lowest BCUT2D eigenvalue weighted by Gasteiger charge is -2.25. The van der Waals surface area contributed by atoms with E-state index in [1.54, 1.807) is 0 Å². The van der Waals surface area contributed by atoms with Crippen LogP contribution >= 0.6 is 22.7 Å². The van der Waals surface area contributed by atoms with Crippen LogP contribution in [0.1, 0.15) is 346 Å². The molecule has 2 unspecified atom stereocenters. The highest BCUT2D eigenvalue weighted by Gasteiger charge is 2.43. The molecular formula is C80H126N2O2S2. The number of nitrogens with zero attached hydrogens (tertiary/aromatic N) is 2. The summed E-state index contributed by atoms with van der Waals surface area (Å²) in [6.07, 6.45) is 59.2. The number of carbonyl (C=O) groups excluding carboxylic acids is 2. The highest BCUT2D eigenvalue weighted by Crippen LogP contribution is 2.50. The zero-order chi connectivity index (χ0) is 60.8. The molecule has 2 atom stereocenters. The van der Waals surface area contributed by atoms with E-state index in [0.717, 1.165) is 61.0 Å². The van der Waals surface area contributed by atoms with Gasteiger partial charge in [-0.3, -0.25) is 9.59 Å². The summed E-state index contributed by atoms with van der Waals surface area (Å²) >= 11 is 3.71. The first-order chi connectivity index (χ1) is 42.3. The number of hydrogen-bond donors (Lipinski definition) is 0. The van der Waals surface area contributed by atoms with E-state index in [0.29, 0.717) is 36.1 Å². The second-order valence-electron chi connectivity index (χ2n) is 27.1. The van der Waals surface area contributed by atoms with Gasteiger partial charge in [0, 0.05) is 34.0 Å². The summed E-state index contributed by atoms with van der Waals surface area (Å²) in [5.74, 6) is 0.896. The van der Waals surface area contributed by atoms with Crippen molar-refractivity contribution in [2.24, 2.45) is 11.8 Å². The molecule has 4 aromatic rings. The Balaban J connectivity index is 1.33. The largest absolute Gasteiger partial charge is 0.307 e. The summed E-state index contributed by atoms with van der Waals surface area (Å²) in [7, 11) is 0. The van der Waals surface area contributed by atoms with Gasteiger partial charge in [0.2, 0.25) is 0 Å². The van der Waals surface area contributed by atoms with Gasteiger partial charge >= 0.3 is 0 Å². The molecule has 0 radical (unpaired) electrons. The van der Waals surface area contributed by atoms with Crippen molar-refractivity contribution in [3.05, 3.63) is 81.5 Å². The maximum Gasteiger partial charge on any atom is 0.259 e. The monoisotopic (exact) mass is 1210 g/mol. The summed E-state index contributed by atoms with van der Waals surface area (Å²) < 4.78 is 0. The number of aryl methyl sites for hydroxylation is 2. The number of unbranched alkanes of at least 4 members (excludes halogenated alkanes) is 34. The molecule has 0 bridgehead atoms. The third-order valence-electron chi connectivity index (χ3n) is 19.5. The van der Waals surface area contributed by atoms with E-state index in [4.69, 9.17) is 0 Å². The topological polar surface area (TPSA) is 40.6 Å². The Kier molecular flexibility index (Phi) is 36.0. The Morgan fingerprint density at radius 3 is 0.895 bits per heavy atom.